The van der Waals surface area contributed by atoms with Gasteiger partial charge in [-0.1, -0.05) is 37.9 Å². The highest BCUT2D eigenvalue weighted by Crippen LogP contribution is 2.92. The van der Waals surface area contributed by atoms with Gasteiger partial charge in [0.15, 0.2) is 0 Å². The molecule has 0 aromatic rings. The van der Waals surface area contributed by atoms with Crippen LogP contribution in [0.15, 0.2) is 11.1 Å². The van der Waals surface area contributed by atoms with Crippen molar-refractivity contribution >= 4 is 62.0 Å². The van der Waals surface area contributed by atoms with Gasteiger partial charge in [0.25, 0.3) is 5.60 Å². The molecule has 0 spiro atoms. The normalized spacial score (nSPS) is 48.7. The van der Waals surface area contributed by atoms with Crippen molar-refractivity contribution in [2.75, 3.05) is 17.6 Å². The first-order valence-electron chi connectivity index (χ1n) is 8.50. The molecule has 0 aromatic heterocycles. The van der Waals surface area contributed by atoms with Gasteiger partial charge in [-0.15, -0.1) is 34.8 Å². The van der Waals surface area contributed by atoms with Crippen molar-refractivity contribution in [3.8, 4) is 0 Å². The Morgan fingerprint density at radius 1 is 0.786 bits per heavy atom. The molecule has 0 saturated carbocycles. The molecule has 6 heterocycles. The van der Waals surface area contributed by atoms with Crippen LogP contribution in [-0.2, 0) is 36.3 Å². The van der Waals surface area contributed by atoms with Crippen LogP contribution in [-0.4, -0.2) is 34.5 Å². The quantitative estimate of drug-likeness (QED) is 0.235. The molecule has 6 saturated heterocycles. The fraction of sp³-hybridized carbons (Fsp3) is 0.857. The highest BCUT2D eigenvalue weighted by molar-refractivity contribution is 7.52. The van der Waals surface area contributed by atoms with Gasteiger partial charge in [-0.3, -0.25) is 4.52 Å². The fourth-order valence-corrected chi connectivity index (χ4v) is 8.25. The smallest absolute Gasteiger partial charge is 0.259 e. The van der Waals surface area contributed by atoms with E-state index in [0.717, 1.165) is 5.57 Å². The van der Waals surface area contributed by atoms with Gasteiger partial charge < -0.3 is 0 Å². The Kier molecular flexibility index (Phi) is 5.43. The van der Waals surface area contributed by atoms with Crippen molar-refractivity contribution < 1.29 is 36.3 Å². The SMILES string of the molecule is CC(CCl)C(=C(C(C)CCl)C1(C23OP(=O)(O2)O3)OP2(=O)OC1(Cl)O2)C(C)CCl. The number of fused-ring (bicyclic) bond motifs is 1. The molecule has 4 unspecified atom stereocenters. The van der Waals surface area contributed by atoms with E-state index in [0.29, 0.717) is 5.57 Å². The molecule has 6 aliphatic heterocycles. The summed E-state index contributed by atoms with van der Waals surface area (Å²) in [6, 6.07) is 0. The van der Waals surface area contributed by atoms with Gasteiger partial charge in [0, 0.05) is 17.6 Å². The Hall–Kier alpha value is 1.12. The summed E-state index contributed by atoms with van der Waals surface area (Å²) in [5.74, 6) is -2.27. The van der Waals surface area contributed by atoms with Gasteiger partial charge in [-0.25, -0.2) is 31.7 Å². The molecular formula is C14H18Cl4O8P2. The number of phosphoric acid groups is 2. The Bertz CT molecular complexity index is 788. The summed E-state index contributed by atoms with van der Waals surface area (Å²) < 4.78 is 56.8. The van der Waals surface area contributed by atoms with Gasteiger partial charge >= 0.3 is 26.9 Å². The predicted octanol–water partition coefficient (Wildman–Crippen LogP) is 5.56. The van der Waals surface area contributed by atoms with Crippen molar-refractivity contribution in [1.82, 2.24) is 0 Å². The van der Waals surface area contributed by atoms with Crippen LogP contribution >= 0.6 is 62.0 Å². The molecule has 6 aliphatic rings. The molecule has 6 fully saturated rings. The molecule has 4 atom stereocenters. The van der Waals surface area contributed by atoms with Crippen LogP contribution in [0.4, 0.5) is 0 Å². The first kappa shape index (κ1) is 22.3. The lowest BCUT2D eigenvalue weighted by atomic mass is 9.73. The second-order valence-electron chi connectivity index (χ2n) is 7.25. The monoisotopic (exact) mass is 516 g/mol. The van der Waals surface area contributed by atoms with Gasteiger partial charge in [0.2, 0.25) is 0 Å². The third-order valence-corrected chi connectivity index (χ3v) is 10.1. The molecule has 0 radical (unpaired) electrons. The molecule has 0 aromatic carbocycles. The van der Waals surface area contributed by atoms with Gasteiger partial charge in [-0.05, 0) is 23.3 Å². The molecular weight excluding hydrogens is 500 g/mol. The number of halogens is 4. The van der Waals surface area contributed by atoms with Crippen LogP contribution in [0.1, 0.15) is 20.8 Å². The molecule has 4 bridgehead atoms. The zero-order chi connectivity index (χ0) is 20.8. The minimum Gasteiger partial charge on any atom is -0.259 e. The van der Waals surface area contributed by atoms with Crippen molar-refractivity contribution in [3.05, 3.63) is 11.1 Å². The van der Waals surface area contributed by atoms with E-state index in [4.69, 9.17) is 73.5 Å². The lowest BCUT2D eigenvalue weighted by molar-refractivity contribution is -0.482. The third-order valence-electron chi connectivity index (χ3n) is 5.19. The Morgan fingerprint density at radius 3 is 1.54 bits per heavy atom. The highest BCUT2D eigenvalue weighted by Gasteiger charge is 2.97. The number of hydrogen-bond acceptors (Lipinski definition) is 8. The minimum absolute atomic E-state index is 0.124. The fourth-order valence-electron chi connectivity index (χ4n) is 4.05. The van der Waals surface area contributed by atoms with Crippen LogP contribution in [0.2, 0.25) is 0 Å². The summed E-state index contributed by atoms with van der Waals surface area (Å²) >= 11 is 25.0. The van der Waals surface area contributed by atoms with Crippen molar-refractivity contribution in [3.63, 3.8) is 0 Å². The van der Waals surface area contributed by atoms with Crippen LogP contribution < -0.4 is 0 Å². The second-order valence-corrected chi connectivity index (χ2v) is 11.6. The number of rotatable bonds is 8. The van der Waals surface area contributed by atoms with E-state index >= 15 is 0 Å². The van der Waals surface area contributed by atoms with E-state index in [1.54, 1.807) is 6.92 Å². The molecule has 6 rings (SSSR count). The second kappa shape index (κ2) is 6.81. The summed E-state index contributed by atoms with van der Waals surface area (Å²) in [7, 11) is -7.65. The summed E-state index contributed by atoms with van der Waals surface area (Å²) in [5, 5.41) is -2.09. The molecule has 28 heavy (non-hydrogen) atoms. The maximum atomic E-state index is 12.6. The molecule has 0 aliphatic carbocycles. The highest BCUT2D eigenvalue weighted by atomic mass is 35.5. The summed E-state index contributed by atoms with van der Waals surface area (Å²) in [4.78, 5) is 0. The Morgan fingerprint density at radius 2 is 1.21 bits per heavy atom. The summed E-state index contributed by atoms with van der Waals surface area (Å²) in [6.07, 6.45) is 0. The van der Waals surface area contributed by atoms with E-state index in [2.05, 4.69) is 0 Å². The summed E-state index contributed by atoms with van der Waals surface area (Å²) in [5.41, 5.74) is -0.808. The largest absolute Gasteiger partial charge is 0.488 e. The van der Waals surface area contributed by atoms with Crippen molar-refractivity contribution in [2.24, 2.45) is 17.8 Å². The number of allylic oxidation sites excluding steroid dienone is 1. The van der Waals surface area contributed by atoms with E-state index in [1.165, 1.54) is 0 Å². The van der Waals surface area contributed by atoms with Crippen LogP contribution in [0.5, 0.6) is 0 Å². The van der Waals surface area contributed by atoms with Crippen LogP contribution in [0.3, 0.4) is 0 Å². The summed E-state index contributed by atoms with van der Waals surface area (Å²) in [6.45, 7) is 5.57. The van der Waals surface area contributed by atoms with Crippen molar-refractivity contribution in [2.45, 2.75) is 37.6 Å². The van der Waals surface area contributed by atoms with Gasteiger partial charge in [0.05, 0.1) is 0 Å². The zero-order valence-electron chi connectivity index (χ0n) is 15.0. The van der Waals surface area contributed by atoms with Crippen LogP contribution in [0, 0.1) is 17.8 Å². The maximum Gasteiger partial charge on any atom is 0.488 e. The molecule has 160 valence electrons. The van der Waals surface area contributed by atoms with Crippen molar-refractivity contribution in [1.29, 1.82) is 0 Å². The number of hydrogen-bond donors (Lipinski definition) is 0. The molecule has 14 heteroatoms. The topological polar surface area (TPSA) is 89.5 Å². The van der Waals surface area contributed by atoms with Crippen LogP contribution in [0.25, 0.3) is 0 Å². The zero-order valence-corrected chi connectivity index (χ0v) is 19.8. The minimum atomic E-state index is -3.99. The average molecular weight is 518 g/mol. The first-order valence-corrected chi connectivity index (χ1v) is 13.4. The van der Waals surface area contributed by atoms with E-state index in [1.807, 2.05) is 13.8 Å². The lowest BCUT2D eigenvalue weighted by Crippen LogP contribution is -2.77. The molecule has 8 nitrogen and oxygen atoms in total. The standard InChI is InChI=1S/C14H18Cl4O8P2/c1-7(4-15)10(8(2)5-16)11(9(3)6-17)12(14-24-28(20,25-14)26-14)13(18)22-27(19,21-12)23-13/h7-9H,4-6H2,1-3H3. The molecule has 0 N–H and O–H groups in total. The first-order chi connectivity index (χ1) is 12.9. The van der Waals surface area contributed by atoms with E-state index < -0.39 is 38.4 Å². The lowest BCUT2D eigenvalue weighted by Gasteiger charge is -2.62. The number of alkyl halides is 4. The van der Waals surface area contributed by atoms with E-state index in [9.17, 15) is 9.13 Å². The number of phosphoric ester groups is 2. The third kappa shape index (κ3) is 2.68. The van der Waals surface area contributed by atoms with E-state index in [-0.39, 0.29) is 29.5 Å². The Labute approximate surface area is 182 Å². The Balaban J connectivity index is 1.98. The average Bonchev–Trinajstić information content (AvgIpc) is 2.94. The molecule has 0 amide bonds. The van der Waals surface area contributed by atoms with Gasteiger partial charge in [0.1, 0.15) is 0 Å². The maximum absolute atomic E-state index is 12.6. The van der Waals surface area contributed by atoms with Gasteiger partial charge in [-0.2, -0.15) is 0 Å². The predicted molar refractivity (Wildman–Crippen MR) is 102 cm³/mol.